The molecule has 0 spiro atoms. The number of aryl methyl sites for hydroxylation is 2. The predicted octanol–water partition coefficient (Wildman–Crippen LogP) is 1.77. The Balaban J connectivity index is 2.44. The number of nitrogens with zero attached hydrogens (tertiary/aromatic N) is 1. The summed E-state index contributed by atoms with van der Waals surface area (Å²) in [6, 6.07) is 0. The minimum atomic E-state index is 0.701. The molecule has 0 aliphatic rings. The van der Waals surface area contributed by atoms with Crippen molar-refractivity contribution in [3.63, 3.8) is 0 Å². The van der Waals surface area contributed by atoms with Crippen LogP contribution in [0.15, 0.2) is 0 Å². The van der Waals surface area contributed by atoms with Crippen molar-refractivity contribution in [3.05, 3.63) is 17.0 Å². The van der Waals surface area contributed by atoms with Crippen molar-refractivity contribution in [2.75, 3.05) is 6.54 Å². The second kappa shape index (κ2) is 4.42. The molecule has 2 N–H and O–H groups in total. The van der Waals surface area contributed by atoms with Crippen LogP contribution in [-0.4, -0.2) is 16.7 Å². The van der Waals surface area contributed by atoms with Gasteiger partial charge in [-0.1, -0.05) is 13.8 Å². The number of hydrogen-bond donors (Lipinski definition) is 2. The van der Waals surface area contributed by atoms with Crippen molar-refractivity contribution in [1.82, 2.24) is 15.5 Å². The molecule has 3 nitrogen and oxygen atoms in total. The maximum atomic E-state index is 4.15. The lowest BCUT2D eigenvalue weighted by atomic mass is 10.2. The van der Waals surface area contributed by atoms with E-state index in [-0.39, 0.29) is 0 Å². The second-order valence-electron chi connectivity index (χ2n) is 3.94. The molecule has 0 saturated heterocycles. The third kappa shape index (κ3) is 2.84. The topological polar surface area (TPSA) is 40.7 Å². The Morgan fingerprint density at radius 1 is 1.38 bits per heavy atom. The van der Waals surface area contributed by atoms with Gasteiger partial charge in [-0.25, -0.2) is 0 Å². The van der Waals surface area contributed by atoms with E-state index in [1.807, 2.05) is 6.92 Å². The molecule has 0 atom stereocenters. The van der Waals surface area contributed by atoms with Crippen LogP contribution in [0.3, 0.4) is 0 Å². The fourth-order valence-corrected chi connectivity index (χ4v) is 1.32. The zero-order chi connectivity index (χ0) is 9.84. The maximum absolute atomic E-state index is 4.15. The van der Waals surface area contributed by atoms with Crippen molar-refractivity contribution in [2.24, 2.45) is 5.92 Å². The molecular formula is C10H19N3. The van der Waals surface area contributed by atoms with Gasteiger partial charge in [-0.15, -0.1) is 0 Å². The number of rotatable bonds is 4. The maximum Gasteiger partial charge on any atom is 0.0638 e. The van der Waals surface area contributed by atoms with E-state index in [9.17, 15) is 0 Å². The number of nitrogens with one attached hydrogen (secondary N) is 2. The zero-order valence-corrected chi connectivity index (χ0v) is 8.94. The molecule has 1 aromatic rings. The van der Waals surface area contributed by atoms with Gasteiger partial charge in [-0.2, -0.15) is 5.10 Å². The van der Waals surface area contributed by atoms with E-state index < -0.39 is 0 Å². The first kappa shape index (κ1) is 10.3. The molecule has 0 saturated carbocycles. The molecule has 0 unspecified atom stereocenters. The van der Waals surface area contributed by atoms with Gasteiger partial charge in [0.15, 0.2) is 0 Å². The fraction of sp³-hybridized carbons (Fsp3) is 0.700. The molecule has 0 fully saturated rings. The van der Waals surface area contributed by atoms with Crippen molar-refractivity contribution in [1.29, 1.82) is 0 Å². The molecule has 74 valence electrons. The van der Waals surface area contributed by atoms with Crippen LogP contribution in [0.1, 0.15) is 30.8 Å². The summed E-state index contributed by atoms with van der Waals surface area (Å²) < 4.78 is 0. The second-order valence-corrected chi connectivity index (χ2v) is 3.94. The lowest BCUT2D eigenvalue weighted by Crippen LogP contribution is -2.19. The summed E-state index contributed by atoms with van der Waals surface area (Å²) in [4.78, 5) is 0. The van der Waals surface area contributed by atoms with Crippen LogP contribution in [0.2, 0.25) is 0 Å². The third-order valence-electron chi connectivity index (χ3n) is 2.14. The van der Waals surface area contributed by atoms with Crippen LogP contribution in [0.25, 0.3) is 0 Å². The summed E-state index contributed by atoms with van der Waals surface area (Å²) in [6.07, 6.45) is 0. The van der Waals surface area contributed by atoms with Crippen LogP contribution < -0.4 is 5.32 Å². The summed E-state index contributed by atoms with van der Waals surface area (Å²) >= 11 is 0. The predicted molar refractivity (Wildman–Crippen MR) is 54.6 cm³/mol. The first-order valence-corrected chi connectivity index (χ1v) is 4.82. The molecule has 13 heavy (non-hydrogen) atoms. The minimum absolute atomic E-state index is 0.701. The number of aromatic amines is 1. The lowest BCUT2D eigenvalue weighted by Gasteiger charge is -2.07. The highest BCUT2D eigenvalue weighted by atomic mass is 15.1. The largest absolute Gasteiger partial charge is 0.312 e. The quantitative estimate of drug-likeness (QED) is 0.743. The van der Waals surface area contributed by atoms with Crippen molar-refractivity contribution >= 4 is 0 Å². The van der Waals surface area contributed by atoms with Crippen molar-refractivity contribution < 1.29 is 0 Å². The van der Waals surface area contributed by atoms with E-state index in [0.717, 1.165) is 18.8 Å². The van der Waals surface area contributed by atoms with E-state index >= 15 is 0 Å². The highest BCUT2D eigenvalue weighted by Gasteiger charge is 2.05. The van der Waals surface area contributed by atoms with Crippen LogP contribution in [0.4, 0.5) is 0 Å². The minimum Gasteiger partial charge on any atom is -0.312 e. The van der Waals surface area contributed by atoms with Crippen LogP contribution in [0.5, 0.6) is 0 Å². The first-order valence-electron chi connectivity index (χ1n) is 4.82. The monoisotopic (exact) mass is 181 g/mol. The zero-order valence-electron chi connectivity index (χ0n) is 8.94. The molecule has 1 aromatic heterocycles. The highest BCUT2D eigenvalue weighted by Crippen LogP contribution is 2.08. The van der Waals surface area contributed by atoms with E-state index in [2.05, 4.69) is 36.3 Å². The van der Waals surface area contributed by atoms with Crippen LogP contribution in [-0.2, 0) is 6.54 Å². The third-order valence-corrected chi connectivity index (χ3v) is 2.14. The van der Waals surface area contributed by atoms with Crippen LogP contribution >= 0.6 is 0 Å². The van der Waals surface area contributed by atoms with Crippen LogP contribution in [0, 0.1) is 19.8 Å². The first-order chi connectivity index (χ1) is 6.11. The van der Waals surface area contributed by atoms with E-state index in [1.165, 1.54) is 11.3 Å². The summed E-state index contributed by atoms with van der Waals surface area (Å²) in [6.45, 7) is 10.5. The van der Waals surface area contributed by atoms with Crippen molar-refractivity contribution in [2.45, 2.75) is 34.2 Å². The lowest BCUT2D eigenvalue weighted by molar-refractivity contribution is 0.551. The van der Waals surface area contributed by atoms with Gasteiger partial charge < -0.3 is 5.32 Å². The SMILES string of the molecule is Cc1n[nH]c(C)c1CNCC(C)C. The average molecular weight is 181 g/mol. The molecule has 0 aromatic carbocycles. The number of hydrogen-bond acceptors (Lipinski definition) is 2. The van der Waals surface area contributed by atoms with Gasteiger partial charge >= 0.3 is 0 Å². The van der Waals surface area contributed by atoms with Gasteiger partial charge in [0.25, 0.3) is 0 Å². The van der Waals surface area contributed by atoms with Crippen molar-refractivity contribution in [3.8, 4) is 0 Å². The summed E-state index contributed by atoms with van der Waals surface area (Å²) in [5.74, 6) is 0.701. The number of H-pyrrole nitrogens is 1. The Labute approximate surface area is 79.9 Å². The highest BCUT2D eigenvalue weighted by molar-refractivity contribution is 5.22. The Hall–Kier alpha value is -0.830. The molecule has 1 rings (SSSR count). The van der Waals surface area contributed by atoms with E-state index in [4.69, 9.17) is 0 Å². The molecule has 0 radical (unpaired) electrons. The normalized spacial score (nSPS) is 11.2. The Bertz CT molecular complexity index is 244. The summed E-state index contributed by atoms with van der Waals surface area (Å²) in [5, 5.41) is 10.5. The standard InChI is InChI=1S/C10H19N3/c1-7(2)5-11-6-10-8(3)12-13-9(10)4/h7,11H,5-6H2,1-4H3,(H,12,13). The van der Waals surface area contributed by atoms with Gasteiger partial charge in [-0.3, -0.25) is 5.10 Å². The number of aromatic nitrogens is 2. The molecule has 0 bridgehead atoms. The molecule has 3 heteroatoms. The summed E-state index contributed by atoms with van der Waals surface area (Å²) in [5.41, 5.74) is 3.59. The van der Waals surface area contributed by atoms with Gasteiger partial charge in [0.2, 0.25) is 0 Å². The average Bonchev–Trinajstić information content (AvgIpc) is 2.34. The molecule has 0 aliphatic carbocycles. The molecular weight excluding hydrogens is 162 g/mol. The molecule has 1 heterocycles. The Kier molecular flexibility index (Phi) is 3.48. The Morgan fingerprint density at radius 3 is 2.54 bits per heavy atom. The van der Waals surface area contributed by atoms with Gasteiger partial charge in [-0.05, 0) is 26.3 Å². The molecule has 0 amide bonds. The summed E-state index contributed by atoms with van der Waals surface area (Å²) in [7, 11) is 0. The Morgan fingerprint density at radius 2 is 2.08 bits per heavy atom. The van der Waals surface area contributed by atoms with Gasteiger partial charge in [0, 0.05) is 17.8 Å². The smallest absolute Gasteiger partial charge is 0.0638 e. The fourth-order valence-electron chi connectivity index (χ4n) is 1.32. The van der Waals surface area contributed by atoms with E-state index in [1.54, 1.807) is 0 Å². The van der Waals surface area contributed by atoms with E-state index in [0.29, 0.717) is 5.92 Å². The van der Waals surface area contributed by atoms with Gasteiger partial charge in [0.1, 0.15) is 0 Å². The molecule has 0 aliphatic heterocycles. The van der Waals surface area contributed by atoms with Gasteiger partial charge in [0.05, 0.1) is 5.69 Å².